The van der Waals surface area contributed by atoms with Crippen molar-refractivity contribution in [3.8, 4) is 11.4 Å². The van der Waals surface area contributed by atoms with Gasteiger partial charge in [0.25, 0.3) is 0 Å². The van der Waals surface area contributed by atoms with E-state index in [1.807, 2.05) is 39.4 Å². The zero-order valence-electron chi connectivity index (χ0n) is 13.4. The summed E-state index contributed by atoms with van der Waals surface area (Å²) in [5.74, 6) is 0.901. The number of aryl methyl sites for hydroxylation is 1. The van der Waals surface area contributed by atoms with E-state index < -0.39 is 0 Å². The Hall–Kier alpha value is -2.23. The molecular formula is C17H23N3O. The van der Waals surface area contributed by atoms with Crippen molar-refractivity contribution in [2.45, 2.75) is 20.8 Å². The Labute approximate surface area is 126 Å². The van der Waals surface area contributed by atoms with E-state index in [4.69, 9.17) is 4.74 Å². The summed E-state index contributed by atoms with van der Waals surface area (Å²) in [6.45, 7) is 6.90. The summed E-state index contributed by atoms with van der Waals surface area (Å²) in [5.41, 5.74) is 4.65. The van der Waals surface area contributed by atoms with Crippen LogP contribution in [0.15, 0.2) is 35.4 Å². The zero-order chi connectivity index (χ0) is 15.4. The van der Waals surface area contributed by atoms with Gasteiger partial charge in [-0.25, -0.2) is 0 Å². The molecule has 1 aromatic carbocycles. The van der Waals surface area contributed by atoms with E-state index in [0.717, 1.165) is 17.0 Å². The number of hydrogen-bond donors (Lipinski definition) is 0. The van der Waals surface area contributed by atoms with Crippen LogP contribution in [-0.2, 0) is 0 Å². The number of hydrazone groups is 1. The van der Waals surface area contributed by atoms with Crippen molar-refractivity contribution >= 4 is 6.21 Å². The Morgan fingerprint density at radius 2 is 1.86 bits per heavy atom. The van der Waals surface area contributed by atoms with Crippen LogP contribution in [0, 0.1) is 13.8 Å². The first-order valence-electron chi connectivity index (χ1n) is 7.16. The van der Waals surface area contributed by atoms with Gasteiger partial charge in [0, 0.05) is 36.7 Å². The quantitative estimate of drug-likeness (QED) is 0.622. The van der Waals surface area contributed by atoms with Gasteiger partial charge in [-0.15, -0.1) is 0 Å². The van der Waals surface area contributed by atoms with Crippen LogP contribution < -0.4 is 4.74 Å². The lowest BCUT2D eigenvalue weighted by Crippen LogP contribution is -2.03. The molecule has 4 nitrogen and oxygen atoms in total. The van der Waals surface area contributed by atoms with E-state index in [0.29, 0.717) is 6.61 Å². The van der Waals surface area contributed by atoms with E-state index in [1.54, 1.807) is 5.01 Å². The van der Waals surface area contributed by atoms with Crippen molar-refractivity contribution in [1.82, 2.24) is 9.58 Å². The number of benzene rings is 1. The Bertz CT molecular complexity index is 624. The Kier molecular flexibility index (Phi) is 4.68. The van der Waals surface area contributed by atoms with Crippen LogP contribution in [0.4, 0.5) is 0 Å². The molecule has 1 aromatic heterocycles. The number of hydrogen-bond acceptors (Lipinski definition) is 3. The first kappa shape index (κ1) is 15.2. The van der Waals surface area contributed by atoms with Crippen molar-refractivity contribution in [3.05, 3.63) is 47.3 Å². The van der Waals surface area contributed by atoms with Gasteiger partial charge in [0.1, 0.15) is 5.75 Å². The second-order valence-corrected chi connectivity index (χ2v) is 5.18. The van der Waals surface area contributed by atoms with Crippen LogP contribution in [0.3, 0.4) is 0 Å². The standard InChI is InChI=1S/C17H23N3O/c1-6-21-17-9-7-16(8-10-17)20-13(2)11-15(14(20)3)12-18-19(4)5/h7-12H,6H2,1-5H3/b18-12+. The van der Waals surface area contributed by atoms with Gasteiger partial charge in [0.15, 0.2) is 0 Å². The second kappa shape index (κ2) is 6.48. The first-order chi connectivity index (χ1) is 10.0. The van der Waals surface area contributed by atoms with Gasteiger partial charge in [-0.05, 0) is 51.1 Å². The van der Waals surface area contributed by atoms with Crippen LogP contribution in [0.2, 0.25) is 0 Å². The molecule has 0 amide bonds. The van der Waals surface area contributed by atoms with Crippen LogP contribution in [0.25, 0.3) is 5.69 Å². The third-order valence-corrected chi connectivity index (χ3v) is 3.30. The fourth-order valence-electron chi connectivity index (χ4n) is 2.35. The van der Waals surface area contributed by atoms with E-state index in [2.05, 4.69) is 41.7 Å². The minimum absolute atomic E-state index is 0.687. The van der Waals surface area contributed by atoms with Gasteiger partial charge < -0.3 is 14.3 Å². The number of nitrogens with zero attached hydrogens (tertiary/aromatic N) is 3. The molecular weight excluding hydrogens is 262 g/mol. The summed E-state index contributed by atoms with van der Waals surface area (Å²) in [6, 6.07) is 10.3. The summed E-state index contributed by atoms with van der Waals surface area (Å²) < 4.78 is 7.72. The monoisotopic (exact) mass is 285 g/mol. The summed E-state index contributed by atoms with van der Waals surface area (Å²) >= 11 is 0. The highest BCUT2D eigenvalue weighted by Crippen LogP contribution is 2.22. The average Bonchev–Trinajstić information content (AvgIpc) is 2.73. The second-order valence-electron chi connectivity index (χ2n) is 5.18. The lowest BCUT2D eigenvalue weighted by molar-refractivity contribution is 0.340. The Morgan fingerprint density at radius 3 is 2.43 bits per heavy atom. The molecule has 0 N–H and O–H groups in total. The zero-order valence-corrected chi connectivity index (χ0v) is 13.4. The smallest absolute Gasteiger partial charge is 0.119 e. The lowest BCUT2D eigenvalue weighted by atomic mass is 10.2. The third-order valence-electron chi connectivity index (χ3n) is 3.30. The molecule has 0 saturated carbocycles. The average molecular weight is 285 g/mol. The predicted octanol–water partition coefficient (Wildman–Crippen LogP) is 3.39. The molecule has 1 heterocycles. The highest BCUT2D eigenvalue weighted by molar-refractivity contribution is 5.82. The molecule has 0 unspecified atom stereocenters. The fourth-order valence-corrected chi connectivity index (χ4v) is 2.35. The maximum atomic E-state index is 5.49. The molecule has 2 rings (SSSR count). The van der Waals surface area contributed by atoms with Crippen molar-refractivity contribution in [2.24, 2.45) is 5.10 Å². The topological polar surface area (TPSA) is 29.8 Å². The molecule has 2 aromatic rings. The summed E-state index contributed by atoms with van der Waals surface area (Å²) in [5, 5.41) is 6.11. The largest absolute Gasteiger partial charge is 0.494 e. The van der Waals surface area contributed by atoms with E-state index in [-0.39, 0.29) is 0 Å². The van der Waals surface area contributed by atoms with E-state index in [1.165, 1.54) is 11.4 Å². The van der Waals surface area contributed by atoms with Crippen LogP contribution in [0.5, 0.6) is 5.75 Å². The number of ether oxygens (including phenoxy) is 1. The van der Waals surface area contributed by atoms with E-state index >= 15 is 0 Å². The molecule has 0 aliphatic rings. The van der Waals surface area contributed by atoms with Gasteiger partial charge >= 0.3 is 0 Å². The van der Waals surface area contributed by atoms with E-state index in [9.17, 15) is 0 Å². The Balaban J connectivity index is 2.35. The number of rotatable bonds is 5. The molecule has 21 heavy (non-hydrogen) atoms. The molecule has 0 spiro atoms. The maximum absolute atomic E-state index is 5.49. The van der Waals surface area contributed by atoms with Crippen molar-refractivity contribution < 1.29 is 4.74 Å². The summed E-state index contributed by atoms with van der Waals surface area (Å²) in [7, 11) is 3.84. The molecule has 0 saturated heterocycles. The number of aromatic nitrogens is 1. The Morgan fingerprint density at radius 1 is 1.19 bits per heavy atom. The summed E-state index contributed by atoms with van der Waals surface area (Å²) in [4.78, 5) is 0. The minimum atomic E-state index is 0.687. The van der Waals surface area contributed by atoms with Crippen molar-refractivity contribution in [3.63, 3.8) is 0 Å². The molecule has 0 aliphatic heterocycles. The van der Waals surface area contributed by atoms with Crippen LogP contribution in [-0.4, -0.2) is 36.5 Å². The normalized spacial score (nSPS) is 11.1. The molecule has 0 aliphatic carbocycles. The van der Waals surface area contributed by atoms with Crippen LogP contribution >= 0.6 is 0 Å². The van der Waals surface area contributed by atoms with Gasteiger partial charge in [0.2, 0.25) is 0 Å². The van der Waals surface area contributed by atoms with Crippen LogP contribution in [0.1, 0.15) is 23.9 Å². The van der Waals surface area contributed by atoms with Gasteiger partial charge in [-0.2, -0.15) is 5.10 Å². The summed E-state index contributed by atoms with van der Waals surface area (Å²) in [6.07, 6.45) is 1.90. The minimum Gasteiger partial charge on any atom is -0.494 e. The highest BCUT2D eigenvalue weighted by Gasteiger charge is 2.09. The van der Waals surface area contributed by atoms with Gasteiger partial charge in [0.05, 0.1) is 12.8 Å². The highest BCUT2D eigenvalue weighted by atomic mass is 16.5. The molecule has 0 radical (unpaired) electrons. The molecule has 4 heteroatoms. The third kappa shape index (κ3) is 3.45. The molecule has 0 atom stereocenters. The van der Waals surface area contributed by atoms with Gasteiger partial charge in [-0.1, -0.05) is 0 Å². The fraction of sp³-hybridized carbons (Fsp3) is 0.353. The molecule has 112 valence electrons. The van der Waals surface area contributed by atoms with Gasteiger partial charge in [-0.3, -0.25) is 0 Å². The van der Waals surface area contributed by atoms with Crippen molar-refractivity contribution in [2.75, 3.05) is 20.7 Å². The van der Waals surface area contributed by atoms with Crippen molar-refractivity contribution in [1.29, 1.82) is 0 Å². The molecule has 0 bridgehead atoms. The predicted molar refractivity (Wildman–Crippen MR) is 87.7 cm³/mol. The first-order valence-corrected chi connectivity index (χ1v) is 7.16. The maximum Gasteiger partial charge on any atom is 0.119 e. The molecule has 0 fully saturated rings. The SMILES string of the molecule is CCOc1ccc(-n2c(C)cc(/C=N/N(C)C)c2C)cc1. The lowest BCUT2D eigenvalue weighted by Gasteiger charge is -2.11.